The quantitative estimate of drug-likeness (QED) is 0.281. The molecule has 0 saturated carbocycles. The summed E-state index contributed by atoms with van der Waals surface area (Å²) < 4.78 is 0. The van der Waals surface area contributed by atoms with Gasteiger partial charge in [0, 0.05) is 0 Å². The van der Waals surface area contributed by atoms with Crippen LogP contribution in [0.1, 0.15) is 31.2 Å². The van der Waals surface area contributed by atoms with Crippen LogP contribution in [0.5, 0.6) is 0 Å². The molecule has 1 rings (SSSR count). The van der Waals surface area contributed by atoms with Gasteiger partial charge in [-0.15, -0.1) is 0 Å². The predicted molar refractivity (Wildman–Crippen MR) is 78.3 cm³/mol. The second-order valence-electron chi connectivity index (χ2n) is 4.05. The van der Waals surface area contributed by atoms with Crippen LogP contribution in [0.15, 0.2) is 60.7 Å². The Morgan fingerprint density at radius 1 is 0.833 bits per heavy atom. The number of carbonyl (C=O) groups excluding carboxylic acids is 1. The summed E-state index contributed by atoms with van der Waals surface area (Å²) in [5.74, 6) is 0. The van der Waals surface area contributed by atoms with E-state index in [4.69, 9.17) is 0 Å². The lowest BCUT2D eigenvalue weighted by molar-refractivity contribution is -0.104. The van der Waals surface area contributed by atoms with Crippen molar-refractivity contribution >= 4 is 12.4 Å². The number of carbonyl (C=O) groups is 1. The third kappa shape index (κ3) is 7.39. The monoisotopic (exact) mass is 240 g/mol. The Balaban J connectivity index is 2.09. The summed E-state index contributed by atoms with van der Waals surface area (Å²) in [6, 6.07) is 10.3. The van der Waals surface area contributed by atoms with Crippen LogP contribution in [0.3, 0.4) is 0 Å². The zero-order chi connectivity index (χ0) is 12.9. The molecule has 0 saturated heterocycles. The maximum Gasteiger partial charge on any atom is 0.142 e. The van der Waals surface area contributed by atoms with E-state index >= 15 is 0 Å². The van der Waals surface area contributed by atoms with Crippen LogP contribution in [-0.4, -0.2) is 6.29 Å². The Hall–Kier alpha value is -1.89. The number of rotatable bonds is 8. The topological polar surface area (TPSA) is 17.1 Å². The van der Waals surface area contributed by atoms with Crippen molar-refractivity contribution in [3.05, 3.63) is 66.3 Å². The molecule has 0 fully saturated rings. The molecule has 94 valence electrons. The van der Waals surface area contributed by atoms with Gasteiger partial charge in [-0.1, -0.05) is 60.7 Å². The molecule has 0 spiro atoms. The third-order valence-electron chi connectivity index (χ3n) is 2.54. The summed E-state index contributed by atoms with van der Waals surface area (Å²) in [7, 11) is 0. The highest BCUT2D eigenvalue weighted by atomic mass is 16.1. The highest BCUT2D eigenvalue weighted by Crippen LogP contribution is 2.03. The molecule has 18 heavy (non-hydrogen) atoms. The highest BCUT2D eigenvalue weighted by molar-refractivity contribution is 5.64. The minimum Gasteiger partial charge on any atom is -0.299 e. The van der Waals surface area contributed by atoms with Gasteiger partial charge >= 0.3 is 0 Å². The first-order chi connectivity index (χ1) is 8.93. The molecule has 0 aliphatic carbocycles. The van der Waals surface area contributed by atoms with Gasteiger partial charge in [0.15, 0.2) is 0 Å². The van der Waals surface area contributed by atoms with Crippen molar-refractivity contribution in [3.63, 3.8) is 0 Å². The molecule has 1 heteroatoms. The van der Waals surface area contributed by atoms with Gasteiger partial charge in [-0.2, -0.15) is 0 Å². The third-order valence-corrected chi connectivity index (χ3v) is 2.54. The Labute approximate surface area is 110 Å². The second-order valence-corrected chi connectivity index (χ2v) is 4.05. The van der Waals surface area contributed by atoms with Crippen molar-refractivity contribution in [3.8, 4) is 0 Å². The number of hydrogen-bond donors (Lipinski definition) is 0. The average Bonchev–Trinajstić information content (AvgIpc) is 2.42. The fourth-order valence-electron chi connectivity index (χ4n) is 1.58. The van der Waals surface area contributed by atoms with E-state index in [1.54, 1.807) is 6.08 Å². The van der Waals surface area contributed by atoms with E-state index in [9.17, 15) is 4.79 Å². The van der Waals surface area contributed by atoms with E-state index in [1.807, 2.05) is 24.3 Å². The molecule has 0 heterocycles. The molecule has 1 aromatic carbocycles. The molecule has 0 N–H and O–H groups in total. The van der Waals surface area contributed by atoms with Gasteiger partial charge < -0.3 is 0 Å². The molecule has 0 atom stereocenters. The van der Waals surface area contributed by atoms with Crippen LogP contribution in [-0.2, 0) is 4.79 Å². The van der Waals surface area contributed by atoms with E-state index in [1.165, 1.54) is 12.0 Å². The molecule has 0 amide bonds. The van der Waals surface area contributed by atoms with Crippen LogP contribution < -0.4 is 0 Å². The van der Waals surface area contributed by atoms with Crippen molar-refractivity contribution in [2.75, 3.05) is 0 Å². The average molecular weight is 240 g/mol. The van der Waals surface area contributed by atoms with Gasteiger partial charge in [-0.25, -0.2) is 0 Å². The van der Waals surface area contributed by atoms with Crippen LogP contribution in [0.2, 0.25) is 0 Å². The second kappa shape index (κ2) is 10.3. The molecule has 0 aromatic heterocycles. The number of benzene rings is 1. The summed E-state index contributed by atoms with van der Waals surface area (Å²) in [4.78, 5) is 10.0. The molecule has 0 aliphatic rings. The number of aldehydes is 1. The smallest absolute Gasteiger partial charge is 0.142 e. The molecular weight excluding hydrogens is 220 g/mol. The fourth-order valence-corrected chi connectivity index (χ4v) is 1.58. The SMILES string of the molecule is O=C/C=C/CCCC/C=C/C=C/c1ccccc1. The zero-order valence-electron chi connectivity index (χ0n) is 10.7. The Kier molecular flexibility index (Phi) is 8.09. The van der Waals surface area contributed by atoms with Gasteiger partial charge in [0.2, 0.25) is 0 Å². The van der Waals surface area contributed by atoms with Gasteiger partial charge in [-0.3, -0.25) is 4.79 Å². The van der Waals surface area contributed by atoms with Gasteiger partial charge in [0.1, 0.15) is 6.29 Å². The van der Waals surface area contributed by atoms with E-state index in [2.05, 4.69) is 36.4 Å². The predicted octanol–water partition coefficient (Wildman–Crippen LogP) is 4.57. The molecule has 1 aromatic rings. The van der Waals surface area contributed by atoms with Gasteiger partial charge in [0.25, 0.3) is 0 Å². The molecule has 1 nitrogen and oxygen atoms in total. The minimum atomic E-state index is 0.828. The minimum absolute atomic E-state index is 0.828. The largest absolute Gasteiger partial charge is 0.299 e. The molecule has 0 radical (unpaired) electrons. The Morgan fingerprint density at radius 3 is 2.17 bits per heavy atom. The van der Waals surface area contributed by atoms with Crippen LogP contribution in [0, 0.1) is 0 Å². The van der Waals surface area contributed by atoms with E-state index in [0.29, 0.717) is 0 Å². The number of unbranched alkanes of at least 4 members (excludes halogenated alkanes) is 3. The lowest BCUT2D eigenvalue weighted by atomic mass is 10.1. The number of allylic oxidation sites excluding steroid dienone is 5. The summed E-state index contributed by atoms with van der Waals surface area (Å²) in [6.07, 6.45) is 17.2. The van der Waals surface area contributed by atoms with E-state index in [0.717, 1.165) is 25.5 Å². The standard InChI is InChI=1S/C17H20O/c18-16-12-7-5-3-1-2-4-6-9-13-17-14-10-8-11-15-17/h4,6-16H,1-3,5H2/b6-4+,12-7+,13-9+. The van der Waals surface area contributed by atoms with Crippen LogP contribution in [0.4, 0.5) is 0 Å². The van der Waals surface area contributed by atoms with Crippen LogP contribution >= 0.6 is 0 Å². The Morgan fingerprint density at radius 2 is 1.50 bits per heavy atom. The van der Waals surface area contributed by atoms with Crippen LogP contribution in [0.25, 0.3) is 6.08 Å². The van der Waals surface area contributed by atoms with Gasteiger partial charge in [-0.05, 0) is 37.3 Å². The zero-order valence-corrected chi connectivity index (χ0v) is 10.7. The first-order valence-electron chi connectivity index (χ1n) is 6.42. The maximum atomic E-state index is 10.0. The first-order valence-corrected chi connectivity index (χ1v) is 6.42. The normalized spacial score (nSPS) is 11.8. The summed E-state index contributed by atoms with van der Waals surface area (Å²) in [5.41, 5.74) is 1.22. The maximum absolute atomic E-state index is 10.0. The number of hydrogen-bond acceptors (Lipinski definition) is 1. The van der Waals surface area contributed by atoms with E-state index in [-0.39, 0.29) is 0 Å². The van der Waals surface area contributed by atoms with Crippen molar-refractivity contribution in [1.82, 2.24) is 0 Å². The fraction of sp³-hybridized carbons (Fsp3) is 0.235. The van der Waals surface area contributed by atoms with Crippen molar-refractivity contribution in [2.45, 2.75) is 25.7 Å². The van der Waals surface area contributed by atoms with Crippen molar-refractivity contribution in [2.24, 2.45) is 0 Å². The Bertz CT molecular complexity index is 399. The summed E-state index contributed by atoms with van der Waals surface area (Å²) >= 11 is 0. The lowest BCUT2D eigenvalue weighted by Gasteiger charge is -1.92. The van der Waals surface area contributed by atoms with Gasteiger partial charge in [0.05, 0.1) is 0 Å². The molecule has 0 aliphatic heterocycles. The first kappa shape index (κ1) is 14.2. The molecular formula is C17H20O. The highest BCUT2D eigenvalue weighted by Gasteiger charge is 1.83. The van der Waals surface area contributed by atoms with E-state index < -0.39 is 0 Å². The summed E-state index contributed by atoms with van der Waals surface area (Å²) in [6.45, 7) is 0. The summed E-state index contributed by atoms with van der Waals surface area (Å²) in [5, 5.41) is 0. The lowest BCUT2D eigenvalue weighted by Crippen LogP contribution is -1.72. The molecule has 0 unspecified atom stereocenters. The van der Waals surface area contributed by atoms with Crippen molar-refractivity contribution in [1.29, 1.82) is 0 Å². The van der Waals surface area contributed by atoms with Crippen molar-refractivity contribution < 1.29 is 4.79 Å². The molecule has 0 bridgehead atoms.